The Morgan fingerprint density at radius 3 is 1.87 bits per heavy atom. The number of nitrogens with one attached hydrogen (secondary N) is 7. The fourth-order valence-electron chi connectivity index (χ4n) is 12.3. The lowest BCUT2D eigenvalue weighted by atomic mass is 9.72. The number of ketones is 3. The van der Waals surface area contributed by atoms with Crippen molar-refractivity contribution in [3.05, 3.63) is 51.6 Å². The molecule has 1 aliphatic heterocycles. The summed E-state index contributed by atoms with van der Waals surface area (Å²) in [6.45, 7) is 1.20. The molecule has 32 nitrogen and oxygen atoms in total. The SMILES string of the molecule is CCCC[C@H](NC(=O)[C@H](CO)NC(=O)[C@H](CO)NC(=O)[C@H](CCC(=O)O)NC(=O)[C@H](CC1CCCCC1)NC(=O)[C@H](CCCCN=C(N)N)NC(C)=O)C(=O)N[C@H]1C[C@H](O[C@H]2C[C@](O)(C(=O)CO)Cc3c(O)c4c(c(O)c32)C(=O)c2c(OC)cccc2C4=O)O[C@@H](C)[C@H]1O. The van der Waals surface area contributed by atoms with Gasteiger partial charge in [0.25, 0.3) is 0 Å². The number of aliphatic imine (C=N–C) groups is 1. The van der Waals surface area contributed by atoms with Gasteiger partial charge in [-0.15, -0.1) is 0 Å². The molecule has 518 valence electrons. The van der Waals surface area contributed by atoms with Crippen LogP contribution in [0.25, 0.3) is 0 Å². The molecular formula is C62H88N10O22. The number of unbranched alkanes of at least 4 members (excludes halogenated alkanes) is 2. The maximum atomic E-state index is 14.3. The monoisotopic (exact) mass is 1320 g/mol. The number of ether oxygens (including phenoxy) is 3. The molecule has 7 amide bonds. The van der Waals surface area contributed by atoms with Crippen molar-refractivity contribution in [3.8, 4) is 17.2 Å². The quantitative estimate of drug-likeness (QED) is 0.0130. The Labute approximate surface area is 541 Å². The second kappa shape index (κ2) is 34.1. The number of aliphatic hydroxyl groups is 5. The van der Waals surface area contributed by atoms with E-state index >= 15 is 0 Å². The normalized spacial score (nSPS) is 21.9. The van der Waals surface area contributed by atoms with Crippen LogP contribution < -0.4 is 53.4 Å². The zero-order chi connectivity index (χ0) is 69.3. The summed E-state index contributed by atoms with van der Waals surface area (Å²) in [5.41, 5.74) is 5.97. The van der Waals surface area contributed by atoms with Gasteiger partial charge in [0.05, 0.1) is 55.3 Å². The molecule has 0 aromatic heterocycles. The lowest BCUT2D eigenvalue weighted by Crippen LogP contribution is -2.62. The number of methoxy groups -OCH3 is 1. The zero-order valence-corrected chi connectivity index (χ0v) is 52.9. The first-order valence-electron chi connectivity index (χ1n) is 31.4. The number of phenols is 2. The maximum absolute atomic E-state index is 14.3. The van der Waals surface area contributed by atoms with Crippen LogP contribution in [-0.4, -0.2) is 211 Å². The van der Waals surface area contributed by atoms with Crippen LogP contribution in [0, 0.1) is 5.92 Å². The van der Waals surface area contributed by atoms with Gasteiger partial charge < -0.3 is 104 Å². The van der Waals surface area contributed by atoms with Gasteiger partial charge >= 0.3 is 5.97 Å². The molecule has 6 rings (SSSR count). The molecule has 2 aromatic rings. The molecule has 32 heteroatoms. The number of guanidine groups is 1. The van der Waals surface area contributed by atoms with Gasteiger partial charge in [-0.3, -0.25) is 57.7 Å². The van der Waals surface area contributed by atoms with E-state index in [2.05, 4.69) is 42.2 Å². The number of fused-ring (bicyclic) bond motifs is 3. The molecule has 0 spiro atoms. The summed E-state index contributed by atoms with van der Waals surface area (Å²) in [6, 6.07) is -6.45. The van der Waals surface area contributed by atoms with Crippen LogP contribution in [0.15, 0.2) is 23.2 Å². The molecule has 12 atom stereocenters. The average Bonchev–Trinajstić information content (AvgIpc) is 0.712. The highest BCUT2D eigenvalue weighted by molar-refractivity contribution is 6.31. The first-order chi connectivity index (χ1) is 44.6. The Bertz CT molecular complexity index is 3170. The van der Waals surface area contributed by atoms with Crippen molar-refractivity contribution >= 4 is 70.6 Å². The number of carboxylic acids is 1. The van der Waals surface area contributed by atoms with Gasteiger partial charge in [0.1, 0.15) is 71.8 Å². The number of phenolic OH excluding ortho intramolecular Hbond substituents is 2. The Kier molecular flexibility index (Phi) is 27.1. The van der Waals surface area contributed by atoms with E-state index in [1.54, 1.807) is 6.92 Å². The van der Waals surface area contributed by atoms with Crippen LogP contribution >= 0.6 is 0 Å². The third-order valence-corrected chi connectivity index (χ3v) is 17.3. The molecule has 2 fully saturated rings. The standard InChI is InChI=1S/C62H88N10O22/c1-5-6-16-35(56(86)69-37-23-45(93-29(2)50(37)80)94-42-25-62(91,43(77)28-75)24-33-47(42)54(84)49-48(52(33)82)51(81)32-15-12-18-41(92-4)46(32)53(49)83)67-59(89)39(26-73)72-60(90)40(27-74)71-57(87)36(19-20-44(78)79)68-58(88)38(22-31-13-8-7-9-14-31)70-55(85)34(66-30(3)76)17-10-11-21-65-61(63)64/h12,15,18,29,31,34-40,42,45,50,73-75,80,82,84,91H,5-11,13-14,16-17,19-28H2,1-4H3,(H,66,76)(H,67,89)(H,68,88)(H,69,86)(H,70,85)(H,71,87)(H,72,90)(H,78,79)(H4,63,64,65)/t29-,34-,35-,36-,37-,38-,39-,40-,42-,45-,50+,62-/m0/s1. The highest BCUT2D eigenvalue weighted by atomic mass is 16.7. The molecular weight excluding hydrogens is 1240 g/mol. The molecule has 1 saturated heterocycles. The number of nitrogens with zero attached hydrogens (tertiary/aromatic N) is 1. The largest absolute Gasteiger partial charge is 0.507 e. The second-order valence-corrected chi connectivity index (χ2v) is 24.2. The number of carbonyl (C=O) groups is 11. The molecule has 0 unspecified atom stereocenters. The van der Waals surface area contributed by atoms with Crippen molar-refractivity contribution in [1.82, 2.24) is 37.2 Å². The van der Waals surface area contributed by atoms with Crippen LogP contribution in [-0.2, 0) is 59.0 Å². The first-order valence-corrected chi connectivity index (χ1v) is 31.4. The van der Waals surface area contributed by atoms with Crippen molar-refractivity contribution in [2.75, 3.05) is 33.5 Å². The number of nitrogens with two attached hydrogens (primary N) is 2. The topological polar surface area (TPSA) is 526 Å². The van der Waals surface area contributed by atoms with Crippen molar-refractivity contribution in [2.24, 2.45) is 22.4 Å². The van der Waals surface area contributed by atoms with E-state index in [0.717, 1.165) is 19.3 Å². The lowest BCUT2D eigenvalue weighted by Gasteiger charge is -2.43. The third kappa shape index (κ3) is 18.7. The number of rotatable bonds is 33. The minimum atomic E-state index is -2.50. The van der Waals surface area contributed by atoms with E-state index in [1.165, 1.54) is 39.2 Å². The summed E-state index contributed by atoms with van der Waals surface area (Å²) < 4.78 is 17.6. The van der Waals surface area contributed by atoms with Crippen LogP contribution in [0.1, 0.15) is 173 Å². The molecule has 1 saturated carbocycles. The number of Topliss-reactive ketones (excluding diaryl/α,β-unsaturated/α-hetero) is 1. The zero-order valence-electron chi connectivity index (χ0n) is 52.9. The number of amides is 7. The molecule has 2 aromatic carbocycles. The second-order valence-electron chi connectivity index (χ2n) is 24.2. The van der Waals surface area contributed by atoms with Crippen LogP contribution in [0.3, 0.4) is 0 Å². The van der Waals surface area contributed by atoms with Gasteiger partial charge in [0.2, 0.25) is 47.1 Å². The molecule has 1 heterocycles. The van der Waals surface area contributed by atoms with Crippen LogP contribution in [0.2, 0.25) is 0 Å². The molecule has 94 heavy (non-hydrogen) atoms. The maximum Gasteiger partial charge on any atom is 0.303 e. The van der Waals surface area contributed by atoms with Gasteiger partial charge in [-0.05, 0) is 57.4 Å². The highest BCUT2D eigenvalue weighted by Gasteiger charge is 2.51. The smallest absolute Gasteiger partial charge is 0.303 e. The summed E-state index contributed by atoms with van der Waals surface area (Å²) >= 11 is 0. The number of aliphatic carboxylic acids is 1. The molecule has 0 radical (unpaired) electrons. The number of hydrogen-bond acceptors (Lipinski definition) is 22. The van der Waals surface area contributed by atoms with Crippen molar-refractivity contribution in [1.29, 1.82) is 0 Å². The summed E-state index contributed by atoms with van der Waals surface area (Å²) in [6.07, 6.45) is -3.05. The van der Waals surface area contributed by atoms with Gasteiger partial charge in [-0.25, -0.2) is 0 Å². The van der Waals surface area contributed by atoms with Crippen LogP contribution in [0.5, 0.6) is 17.2 Å². The Morgan fingerprint density at radius 2 is 1.30 bits per heavy atom. The van der Waals surface area contributed by atoms with Gasteiger partial charge in [-0.1, -0.05) is 64.0 Å². The average molecular weight is 1330 g/mol. The Morgan fingerprint density at radius 1 is 0.734 bits per heavy atom. The number of benzene rings is 2. The van der Waals surface area contributed by atoms with Gasteiger partial charge in [0.15, 0.2) is 23.8 Å². The number of aliphatic hydroxyl groups excluding tert-OH is 4. The van der Waals surface area contributed by atoms with E-state index in [1.807, 2.05) is 0 Å². The highest BCUT2D eigenvalue weighted by Crippen LogP contribution is 2.52. The molecule has 0 bridgehead atoms. The summed E-state index contributed by atoms with van der Waals surface area (Å²) in [5, 5.41) is 105. The van der Waals surface area contributed by atoms with Gasteiger partial charge in [-0.2, -0.15) is 0 Å². The van der Waals surface area contributed by atoms with Crippen LogP contribution in [0.4, 0.5) is 0 Å². The minimum absolute atomic E-state index is 0.0211. The molecule has 19 N–H and O–H groups in total. The predicted octanol–water partition coefficient (Wildman–Crippen LogP) is -2.46. The van der Waals surface area contributed by atoms with E-state index < -0.39 is 212 Å². The fourth-order valence-corrected chi connectivity index (χ4v) is 12.3. The number of aromatic hydroxyl groups is 2. The van der Waals surface area contributed by atoms with Crippen molar-refractivity contribution in [3.63, 3.8) is 0 Å². The van der Waals surface area contributed by atoms with Gasteiger partial charge in [0, 0.05) is 55.8 Å². The molecule has 3 aliphatic carbocycles. The van der Waals surface area contributed by atoms with E-state index in [0.29, 0.717) is 38.5 Å². The summed E-state index contributed by atoms with van der Waals surface area (Å²) in [5.74, 6) is -12.8. The first kappa shape index (κ1) is 74.6. The van der Waals surface area contributed by atoms with E-state index in [9.17, 15) is 93.6 Å². The Balaban J connectivity index is 1.15. The molecule has 4 aliphatic rings. The number of carbonyl (C=O) groups excluding carboxylic acids is 10. The van der Waals surface area contributed by atoms with Crippen molar-refractivity contribution < 1.29 is 108 Å². The number of carboxylic acid groups (broad SMARTS) is 1. The minimum Gasteiger partial charge on any atom is -0.507 e. The summed E-state index contributed by atoms with van der Waals surface area (Å²) in [4.78, 5) is 153. The van der Waals surface area contributed by atoms with Crippen molar-refractivity contribution in [2.45, 2.75) is 202 Å². The fraction of sp³-hybridized carbons (Fsp3) is 0.613. The Hall–Kier alpha value is -8.40. The summed E-state index contributed by atoms with van der Waals surface area (Å²) in [7, 11) is 1.25. The third-order valence-electron chi connectivity index (χ3n) is 17.3. The predicted molar refractivity (Wildman–Crippen MR) is 329 cm³/mol. The number of hydrogen-bond donors (Lipinski definition) is 17. The lowest BCUT2D eigenvalue weighted by molar-refractivity contribution is -0.249. The van der Waals surface area contributed by atoms with E-state index in [4.69, 9.17) is 25.7 Å². The van der Waals surface area contributed by atoms with E-state index in [-0.39, 0.29) is 65.7 Å².